The third kappa shape index (κ3) is 5.70. The van der Waals surface area contributed by atoms with Crippen LogP contribution in [0.4, 0.5) is 33.5 Å². The van der Waals surface area contributed by atoms with Gasteiger partial charge in [-0.25, -0.2) is 27.8 Å². The Morgan fingerprint density at radius 2 is 1.62 bits per heavy atom. The minimum absolute atomic E-state index is 0.0165. The van der Waals surface area contributed by atoms with Crippen molar-refractivity contribution in [3.63, 3.8) is 0 Å². The molecule has 14 heteroatoms. The maximum atomic E-state index is 15.6. The molecule has 1 aliphatic heterocycles. The molecule has 0 unspecified atom stereocenters. The molecule has 1 saturated carbocycles. The van der Waals surface area contributed by atoms with E-state index >= 15 is 4.39 Å². The molecule has 0 bridgehead atoms. The molecule has 1 saturated heterocycles. The van der Waals surface area contributed by atoms with Crippen molar-refractivity contribution in [2.75, 3.05) is 11.5 Å². The smallest absolute Gasteiger partial charge is 0.224 e. The highest BCUT2D eigenvalue weighted by atomic mass is 32.2. The summed E-state index contributed by atoms with van der Waals surface area (Å²) in [5.74, 6) is -8.68. The fourth-order valence-corrected chi connectivity index (χ4v) is 7.33. The summed E-state index contributed by atoms with van der Waals surface area (Å²) in [6, 6.07) is 13.4. The largest absolute Gasteiger partial charge is 0.451 e. The predicted octanol–water partition coefficient (Wildman–Crippen LogP) is 7.50. The van der Waals surface area contributed by atoms with Crippen molar-refractivity contribution in [3.8, 4) is 22.8 Å². The number of nitrogen functional groups attached to an aromatic ring is 1. The Morgan fingerprint density at radius 3 is 2.28 bits per heavy atom. The van der Waals surface area contributed by atoms with E-state index in [1.54, 1.807) is 16.4 Å². The maximum Gasteiger partial charge on any atom is 0.224 e. The van der Waals surface area contributed by atoms with Crippen LogP contribution in [0.15, 0.2) is 60.9 Å². The number of nitrogens with two attached hydrogens (primary N) is 1. The van der Waals surface area contributed by atoms with E-state index in [0.29, 0.717) is 23.2 Å². The number of nitrogens with zero attached hydrogens (tertiary/aromatic N) is 5. The molecule has 8 nitrogen and oxygen atoms in total. The highest BCUT2D eigenvalue weighted by Crippen LogP contribution is 2.40. The van der Waals surface area contributed by atoms with Gasteiger partial charge in [0.25, 0.3) is 0 Å². The van der Waals surface area contributed by atoms with Gasteiger partial charge in [-0.2, -0.15) is 18.5 Å². The molecule has 2 N–H and O–H groups in total. The molecule has 5 aromatic rings. The monoisotopic (exact) mass is 665 g/mol. The summed E-state index contributed by atoms with van der Waals surface area (Å²) < 4.78 is 80.3. The molecular formula is C33H26F5N6O2S+. The molecular weight excluding hydrogens is 639 g/mol. The molecule has 2 aromatic heterocycles. The predicted molar refractivity (Wildman–Crippen MR) is 166 cm³/mol. The Kier molecular flexibility index (Phi) is 8.12. The van der Waals surface area contributed by atoms with Crippen LogP contribution in [0.5, 0.6) is 11.5 Å². The van der Waals surface area contributed by atoms with Crippen molar-refractivity contribution in [1.82, 2.24) is 19.7 Å². The first-order valence-corrected chi connectivity index (χ1v) is 15.8. The van der Waals surface area contributed by atoms with Crippen LogP contribution in [0, 0.1) is 29.1 Å². The Labute approximate surface area is 269 Å². The zero-order valence-corrected chi connectivity index (χ0v) is 25.4. The van der Waals surface area contributed by atoms with Crippen LogP contribution in [0.2, 0.25) is 0 Å². The van der Waals surface area contributed by atoms with E-state index < -0.39 is 40.6 Å². The molecule has 47 heavy (non-hydrogen) atoms. The number of ketones is 1. The lowest BCUT2D eigenvalue weighted by Crippen LogP contribution is -2.32. The van der Waals surface area contributed by atoms with Crippen molar-refractivity contribution in [2.24, 2.45) is 0 Å². The summed E-state index contributed by atoms with van der Waals surface area (Å²) in [5, 5.41) is 6.13. The van der Waals surface area contributed by atoms with Crippen LogP contribution in [0.3, 0.4) is 0 Å². The summed E-state index contributed by atoms with van der Waals surface area (Å²) in [6.45, 7) is 0. The minimum atomic E-state index is -1.75. The first kappa shape index (κ1) is 30.8. The second kappa shape index (κ2) is 12.4. The number of hydrogen-bond acceptors (Lipinski definition) is 7. The number of fused-ring (bicyclic) bond motifs is 1. The van der Waals surface area contributed by atoms with Gasteiger partial charge in [0, 0.05) is 42.7 Å². The lowest BCUT2D eigenvalue weighted by molar-refractivity contribution is -0.488. The van der Waals surface area contributed by atoms with Gasteiger partial charge in [-0.15, -0.1) is 0 Å². The zero-order chi connectivity index (χ0) is 32.8. The number of hydrogen-bond donors (Lipinski definition) is 1. The second-order valence-electron chi connectivity index (χ2n) is 11.4. The molecule has 7 rings (SSSR count). The van der Waals surface area contributed by atoms with Crippen molar-refractivity contribution in [3.05, 3.63) is 90.0 Å². The van der Waals surface area contributed by atoms with Gasteiger partial charge in [0.2, 0.25) is 28.1 Å². The normalized spacial score (nSPS) is 19.4. The van der Waals surface area contributed by atoms with Crippen molar-refractivity contribution in [2.45, 2.75) is 44.2 Å². The van der Waals surface area contributed by atoms with Gasteiger partial charge < -0.3 is 10.5 Å². The number of halogens is 5. The average molecular weight is 666 g/mol. The van der Waals surface area contributed by atoms with Gasteiger partial charge in [-0.1, -0.05) is 30.0 Å². The van der Waals surface area contributed by atoms with Gasteiger partial charge in [0.1, 0.15) is 29.4 Å². The highest BCUT2D eigenvalue weighted by molar-refractivity contribution is 8.15. The molecule has 1 aliphatic carbocycles. The molecule has 3 aromatic carbocycles. The standard InChI is InChI=1S/C33H26F5N6O2S/c34-23-13-21(46-31-28(37)24(35)14-25(36)29(31)38)10-11-22(23)30-27-32(39)40-16-41-33(27)44(42-30)19-8-6-18(7-9-19)43(17-4-2-1-3-5-17)26-12-20(45)15-47-26/h1-5,10-11,13-14,16,18-19H,6-9,12,15H2,(H2,39,40,41)/q+1. The summed E-state index contributed by atoms with van der Waals surface area (Å²) in [5.41, 5.74) is 7.84. The number of carbonyl (C=O) groups is 1. The van der Waals surface area contributed by atoms with Crippen LogP contribution in [0.1, 0.15) is 38.1 Å². The van der Waals surface area contributed by atoms with Gasteiger partial charge >= 0.3 is 0 Å². The first-order chi connectivity index (χ1) is 22.7. The van der Waals surface area contributed by atoms with Gasteiger partial charge in [0.15, 0.2) is 29.1 Å². The number of thioether (sulfide) groups is 1. The van der Waals surface area contributed by atoms with Crippen molar-refractivity contribution < 1.29 is 36.1 Å². The number of para-hydroxylation sites is 1. The zero-order valence-electron chi connectivity index (χ0n) is 24.6. The number of carbonyl (C=O) groups excluding carboxylic acids is 1. The van der Waals surface area contributed by atoms with Gasteiger partial charge in [-0.3, -0.25) is 4.79 Å². The van der Waals surface area contributed by atoms with Crippen LogP contribution < -0.4 is 10.5 Å². The molecule has 2 aliphatic rings. The van der Waals surface area contributed by atoms with E-state index in [1.807, 2.05) is 30.3 Å². The number of rotatable bonds is 6. The maximum absolute atomic E-state index is 15.6. The minimum Gasteiger partial charge on any atom is -0.451 e. The van der Waals surface area contributed by atoms with Crippen LogP contribution in [0.25, 0.3) is 22.3 Å². The van der Waals surface area contributed by atoms with Crippen molar-refractivity contribution in [1.29, 1.82) is 0 Å². The van der Waals surface area contributed by atoms with E-state index in [9.17, 15) is 22.4 Å². The van der Waals surface area contributed by atoms with E-state index in [1.165, 1.54) is 18.5 Å². The van der Waals surface area contributed by atoms with E-state index in [4.69, 9.17) is 15.6 Å². The molecule has 0 atom stereocenters. The lowest BCUT2D eigenvalue weighted by atomic mass is 9.90. The van der Waals surface area contributed by atoms with Gasteiger partial charge in [0.05, 0.1) is 23.6 Å². The number of anilines is 1. The van der Waals surface area contributed by atoms with Crippen LogP contribution in [-0.2, 0) is 4.79 Å². The summed E-state index contributed by atoms with van der Waals surface area (Å²) >= 11 is 1.58. The fourth-order valence-electron chi connectivity index (χ4n) is 6.25. The van der Waals surface area contributed by atoms with Crippen molar-refractivity contribution >= 4 is 45.1 Å². The molecule has 0 amide bonds. The quantitative estimate of drug-likeness (QED) is 0.114. The third-order valence-electron chi connectivity index (χ3n) is 8.43. The molecule has 0 spiro atoms. The Balaban J connectivity index is 1.19. The Morgan fingerprint density at radius 1 is 0.894 bits per heavy atom. The number of ether oxygens (including phenoxy) is 1. The lowest BCUT2D eigenvalue weighted by Gasteiger charge is -2.27. The summed E-state index contributed by atoms with van der Waals surface area (Å²) in [6.07, 6.45) is 4.75. The van der Waals surface area contributed by atoms with E-state index in [0.717, 1.165) is 42.5 Å². The average Bonchev–Trinajstić information content (AvgIpc) is 3.67. The van der Waals surface area contributed by atoms with Gasteiger partial charge in [-0.05, 0) is 25.0 Å². The highest BCUT2D eigenvalue weighted by Gasteiger charge is 2.37. The number of Topliss-reactive ketones (excluding diaryl/α,β-unsaturated/α-hetero) is 1. The Hall–Kier alpha value is -4.85. The van der Waals surface area contributed by atoms with Crippen LogP contribution >= 0.6 is 11.8 Å². The summed E-state index contributed by atoms with van der Waals surface area (Å²) in [7, 11) is 0. The summed E-state index contributed by atoms with van der Waals surface area (Å²) in [4.78, 5) is 20.7. The van der Waals surface area contributed by atoms with Crippen LogP contribution in [-0.4, -0.2) is 46.9 Å². The third-order valence-corrected chi connectivity index (χ3v) is 9.57. The Bertz CT molecular complexity index is 2040. The molecule has 2 fully saturated rings. The topological polar surface area (TPSA) is 98.9 Å². The number of benzene rings is 3. The first-order valence-electron chi connectivity index (χ1n) is 14.8. The molecule has 240 valence electrons. The second-order valence-corrected chi connectivity index (χ2v) is 12.4. The SMILES string of the molecule is Nc1ncnc2c1c(-c1ccc(Oc3c(F)c(F)cc(F)c3F)cc1F)nn2C1CCC([N+](=C2CC(=O)CS2)c2ccccc2)CC1. The fraction of sp³-hybridized carbons (Fsp3) is 0.242. The molecule has 0 radical (unpaired) electrons. The molecule has 3 heterocycles. The number of aromatic nitrogens is 4. The van der Waals surface area contributed by atoms with E-state index in [-0.39, 0.29) is 41.0 Å². The van der Waals surface area contributed by atoms with E-state index in [2.05, 4.69) is 14.5 Å².